The summed E-state index contributed by atoms with van der Waals surface area (Å²) >= 11 is 0. The topological polar surface area (TPSA) is 60.1 Å². The number of aromatic nitrogens is 1. The summed E-state index contributed by atoms with van der Waals surface area (Å²) in [7, 11) is 1.68. The summed E-state index contributed by atoms with van der Waals surface area (Å²) in [4.78, 5) is 19.6. The Morgan fingerprint density at radius 1 is 1.31 bits per heavy atom. The molecule has 1 aliphatic rings. The number of carbonyl (C=O) groups excluding carboxylic acids is 1. The number of aryl methyl sites for hydroxylation is 1. The van der Waals surface area contributed by atoms with Crippen molar-refractivity contribution in [3.05, 3.63) is 35.4 Å². The third-order valence-corrected chi connectivity index (χ3v) is 5.82. The molecule has 0 unspecified atom stereocenters. The monoisotopic (exact) mass is 400 g/mol. The number of fused-ring (bicyclic) bond motifs is 1. The van der Waals surface area contributed by atoms with Crippen LogP contribution in [0.1, 0.15) is 37.3 Å². The van der Waals surface area contributed by atoms with Gasteiger partial charge >= 0.3 is 0 Å². The lowest BCUT2D eigenvalue weighted by Crippen LogP contribution is -3.16. The summed E-state index contributed by atoms with van der Waals surface area (Å²) in [5.41, 5.74) is 3.92. The van der Waals surface area contributed by atoms with E-state index in [1.165, 1.54) is 32.7 Å². The average Bonchev–Trinajstić information content (AvgIpc) is 2.71. The first-order chi connectivity index (χ1) is 14.0. The molecule has 29 heavy (non-hydrogen) atoms. The van der Waals surface area contributed by atoms with E-state index >= 15 is 0 Å². The normalized spacial score (nSPS) is 15.3. The summed E-state index contributed by atoms with van der Waals surface area (Å²) in [5.74, 6) is 1.80. The number of H-pyrrole nitrogens is 1. The van der Waals surface area contributed by atoms with E-state index in [2.05, 4.69) is 60.2 Å². The van der Waals surface area contributed by atoms with Crippen LogP contribution in [0, 0.1) is 6.92 Å². The molecule has 6 heteroatoms. The van der Waals surface area contributed by atoms with Crippen molar-refractivity contribution in [1.82, 2.24) is 5.32 Å². The van der Waals surface area contributed by atoms with E-state index in [0.29, 0.717) is 25.6 Å². The van der Waals surface area contributed by atoms with Crippen molar-refractivity contribution in [3.8, 4) is 0 Å². The van der Waals surface area contributed by atoms with E-state index in [9.17, 15) is 4.79 Å². The summed E-state index contributed by atoms with van der Waals surface area (Å²) < 4.78 is 5.02. The molecule has 2 aromatic rings. The zero-order chi connectivity index (χ0) is 20.8. The molecule has 1 aliphatic heterocycles. The number of benzene rings is 1. The molecule has 158 valence electrons. The fourth-order valence-electron chi connectivity index (χ4n) is 4.11. The van der Waals surface area contributed by atoms with Gasteiger partial charge in [-0.2, -0.15) is 0 Å². The molecule has 0 saturated carbocycles. The first-order valence-electron chi connectivity index (χ1n) is 10.8. The van der Waals surface area contributed by atoms with Crippen molar-refractivity contribution in [2.24, 2.45) is 0 Å². The average molecular weight is 401 g/mol. The number of para-hydroxylation sites is 1. The van der Waals surface area contributed by atoms with Crippen molar-refractivity contribution in [2.75, 3.05) is 57.9 Å². The maximum Gasteiger partial charge on any atom is 0.275 e. The van der Waals surface area contributed by atoms with Gasteiger partial charge in [-0.05, 0) is 24.8 Å². The number of piperazine rings is 1. The first kappa shape index (κ1) is 21.5. The molecule has 0 bridgehead atoms. The number of carbonyl (C=O) groups is 1. The minimum absolute atomic E-state index is 0.138. The summed E-state index contributed by atoms with van der Waals surface area (Å²) in [6.45, 7) is 12.5. The quantitative estimate of drug-likeness (QED) is 0.649. The SMILES string of the molecule is COCCCNC(=O)C[NH+]1CCN(c2cc(C)c3cccc(C(C)C)c3[nH+]2)CC1. The van der Waals surface area contributed by atoms with Crippen molar-refractivity contribution in [1.29, 1.82) is 0 Å². The zero-order valence-corrected chi connectivity index (χ0v) is 18.3. The number of amides is 1. The van der Waals surface area contributed by atoms with Crippen LogP contribution in [0.25, 0.3) is 10.9 Å². The van der Waals surface area contributed by atoms with Crippen LogP contribution in [-0.4, -0.2) is 58.9 Å². The molecule has 3 N–H and O–H groups in total. The maximum atomic E-state index is 12.1. The maximum absolute atomic E-state index is 12.1. The van der Waals surface area contributed by atoms with Gasteiger partial charge < -0.3 is 15.0 Å². The standard InChI is InChI=1S/C23H34N4O2/c1-17(2)19-7-5-8-20-18(3)15-21(25-23(19)20)27-12-10-26(11-13-27)16-22(28)24-9-6-14-29-4/h5,7-8,15,17H,6,9-14,16H2,1-4H3,(H,24,28)/p+2. The predicted octanol–water partition coefficient (Wildman–Crippen LogP) is 0.943. The Labute approximate surface area is 174 Å². The molecule has 1 fully saturated rings. The third kappa shape index (κ3) is 5.46. The molecule has 1 aromatic carbocycles. The number of hydrogen-bond acceptors (Lipinski definition) is 3. The molecule has 1 saturated heterocycles. The lowest BCUT2D eigenvalue weighted by atomic mass is 9.98. The molecule has 0 aliphatic carbocycles. The molecular formula is C23H36N4O2+2. The van der Waals surface area contributed by atoms with E-state index in [4.69, 9.17) is 4.74 Å². The smallest absolute Gasteiger partial charge is 0.275 e. The minimum atomic E-state index is 0.138. The van der Waals surface area contributed by atoms with Crippen LogP contribution in [0.3, 0.4) is 0 Å². The highest BCUT2D eigenvalue weighted by atomic mass is 16.5. The Morgan fingerprint density at radius 3 is 2.76 bits per heavy atom. The van der Waals surface area contributed by atoms with Crippen molar-refractivity contribution < 1.29 is 19.4 Å². The van der Waals surface area contributed by atoms with Crippen LogP contribution in [0.5, 0.6) is 0 Å². The number of rotatable bonds is 8. The number of pyridine rings is 1. The van der Waals surface area contributed by atoms with E-state index < -0.39 is 0 Å². The number of quaternary nitrogens is 1. The second-order valence-electron chi connectivity index (χ2n) is 8.37. The van der Waals surface area contributed by atoms with Gasteiger partial charge in [0.2, 0.25) is 0 Å². The molecule has 3 rings (SSSR count). The Morgan fingerprint density at radius 2 is 2.07 bits per heavy atom. The van der Waals surface area contributed by atoms with E-state index in [1.807, 2.05) is 0 Å². The Balaban J connectivity index is 1.61. The van der Waals surface area contributed by atoms with E-state index in [-0.39, 0.29) is 5.91 Å². The van der Waals surface area contributed by atoms with Gasteiger partial charge in [-0.1, -0.05) is 32.0 Å². The van der Waals surface area contributed by atoms with Gasteiger partial charge in [0.05, 0.1) is 0 Å². The Kier molecular flexibility index (Phi) is 7.45. The van der Waals surface area contributed by atoms with Gasteiger partial charge in [-0.15, -0.1) is 0 Å². The fourth-order valence-corrected chi connectivity index (χ4v) is 4.11. The summed E-state index contributed by atoms with van der Waals surface area (Å²) in [6.07, 6.45) is 0.862. The number of methoxy groups -OCH3 is 1. The lowest BCUT2D eigenvalue weighted by molar-refractivity contribution is -0.892. The molecule has 2 heterocycles. The first-order valence-corrected chi connectivity index (χ1v) is 10.8. The van der Waals surface area contributed by atoms with Gasteiger partial charge in [-0.25, -0.2) is 4.98 Å². The molecule has 1 amide bonds. The molecule has 1 aromatic heterocycles. The molecule has 6 nitrogen and oxygen atoms in total. The number of nitrogens with one attached hydrogen (secondary N) is 3. The minimum Gasteiger partial charge on any atom is -0.385 e. The molecule has 0 atom stereocenters. The lowest BCUT2D eigenvalue weighted by Gasteiger charge is -2.28. The van der Waals surface area contributed by atoms with Gasteiger partial charge in [-0.3, -0.25) is 9.69 Å². The zero-order valence-electron chi connectivity index (χ0n) is 18.3. The summed E-state index contributed by atoms with van der Waals surface area (Å²) in [5, 5.41) is 4.29. The van der Waals surface area contributed by atoms with Gasteiger partial charge in [0.15, 0.2) is 6.54 Å². The van der Waals surface area contributed by atoms with E-state index in [0.717, 1.165) is 32.6 Å². The largest absolute Gasteiger partial charge is 0.385 e. The highest BCUT2D eigenvalue weighted by Crippen LogP contribution is 2.26. The Hall–Kier alpha value is -2.18. The van der Waals surface area contributed by atoms with Crippen LogP contribution >= 0.6 is 0 Å². The van der Waals surface area contributed by atoms with Crippen LogP contribution < -0.4 is 20.1 Å². The van der Waals surface area contributed by atoms with Crippen molar-refractivity contribution >= 4 is 22.6 Å². The van der Waals surface area contributed by atoms with Crippen LogP contribution in [0.4, 0.5) is 5.82 Å². The fraction of sp³-hybridized carbons (Fsp3) is 0.565. The predicted molar refractivity (Wildman–Crippen MR) is 117 cm³/mol. The van der Waals surface area contributed by atoms with Crippen molar-refractivity contribution in [2.45, 2.75) is 33.1 Å². The Bertz CT molecular complexity index is 829. The molecular weight excluding hydrogens is 364 g/mol. The van der Waals surface area contributed by atoms with Crippen LogP contribution in [0.15, 0.2) is 24.3 Å². The molecule has 0 spiro atoms. The number of nitrogens with zero attached hydrogens (tertiary/aromatic N) is 1. The third-order valence-electron chi connectivity index (χ3n) is 5.82. The van der Waals surface area contributed by atoms with E-state index in [1.54, 1.807) is 7.11 Å². The van der Waals surface area contributed by atoms with Crippen molar-refractivity contribution in [3.63, 3.8) is 0 Å². The van der Waals surface area contributed by atoms with Crippen LogP contribution in [0.2, 0.25) is 0 Å². The number of anilines is 1. The number of aromatic amines is 1. The van der Waals surface area contributed by atoms with Gasteiger partial charge in [0.25, 0.3) is 11.7 Å². The number of hydrogen-bond donors (Lipinski definition) is 2. The highest BCUT2D eigenvalue weighted by molar-refractivity contribution is 5.83. The second-order valence-corrected chi connectivity index (χ2v) is 8.37. The highest BCUT2D eigenvalue weighted by Gasteiger charge is 2.28. The molecule has 0 radical (unpaired) electrons. The number of ether oxygens (including phenoxy) is 1. The van der Waals surface area contributed by atoms with Gasteiger partial charge in [0, 0.05) is 37.3 Å². The van der Waals surface area contributed by atoms with Gasteiger partial charge in [0.1, 0.15) is 31.7 Å². The second kappa shape index (κ2) is 10.0. The summed E-state index contributed by atoms with van der Waals surface area (Å²) in [6, 6.07) is 8.84. The van der Waals surface area contributed by atoms with Crippen LogP contribution in [-0.2, 0) is 9.53 Å².